The maximum absolute atomic E-state index is 2.44. The Kier molecular flexibility index (Phi) is 3.58. The fraction of sp³-hybridized carbons (Fsp3) is 0.417. The van der Waals surface area contributed by atoms with Gasteiger partial charge in [-0.25, -0.2) is 0 Å². The summed E-state index contributed by atoms with van der Waals surface area (Å²) in [4.78, 5) is 0. The van der Waals surface area contributed by atoms with Gasteiger partial charge in [-0.2, -0.15) is 0 Å². The van der Waals surface area contributed by atoms with E-state index in [1.54, 1.807) is 11.1 Å². The summed E-state index contributed by atoms with van der Waals surface area (Å²) in [6.45, 7) is 0. The molecule has 4 atom stereocenters. The molecule has 24 heavy (non-hydrogen) atoms. The third kappa shape index (κ3) is 2.44. The number of hydrogen-bond acceptors (Lipinski definition) is 0. The third-order valence-corrected chi connectivity index (χ3v) is 6.86. The maximum atomic E-state index is 2.44. The first-order valence-electron chi connectivity index (χ1n) is 9.67. The molecule has 0 bridgehead atoms. The van der Waals surface area contributed by atoms with Crippen molar-refractivity contribution in [3.63, 3.8) is 0 Å². The van der Waals surface area contributed by atoms with Crippen molar-refractivity contribution in [2.24, 2.45) is 23.7 Å². The second-order valence-electron chi connectivity index (χ2n) is 8.16. The Morgan fingerprint density at radius 1 is 0.500 bits per heavy atom. The van der Waals surface area contributed by atoms with Gasteiger partial charge in [-0.15, -0.1) is 0 Å². The summed E-state index contributed by atoms with van der Waals surface area (Å²) in [7, 11) is 0. The first-order valence-corrected chi connectivity index (χ1v) is 9.67. The van der Waals surface area contributed by atoms with E-state index in [2.05, 4.69) is 72.9 Å². The number of allylic oxidation sites excluding steroid dienone is 8. The van der Waals surface area contributed by atoms with Gasteiger partial charge >= 0.3 is 0 Å². The molecule has 4 aliphatic rings. The molecule has 0 aromatic heterocycles. The lowest BCUT2D eigenvalue weighted by Gasteiger charge is -2.20. The van der Waals surface area contributed by atoms with Crippen molar-refractivity contribution in [2.75, 3.05) is 0 Å². The van der Waals surface area contributed by atoms with Gasteiger partial charge in [0, 0.05) is 0 Å². The summed E-state index contributed by atoms with van der Waals surface area (Å²) in [6, 6.07) is 9.37. The lowest BCUT2D eigenvalue weighted by atomic mass is 9.85. The smallest absolute Gasteiger partial charge is 0.0148 e. The molecule has 0 heterocycles. The van der Waals surface area contributed by atoms with Crippen molar-refractivity contribution in [2.45, 2.75) is 37.5 Å². The molecule has 0 amide bonds. The van der Waals surface area contributed by atoms with Gasteiger partial charge in [0.25, 0.3) is 0 Å². The lowest BCUT2D eigenvalue weighted by Crippen LogP contribution is -2.03. The molecule has 122 valence electrons. The van der Waals surface area contributed by atoms with Gasteiger partial charge in [0.2, 0.25) is 0 Å². The predicted molar refractivity (Wildman–Crippen MR) is 101 cm³/mol. The van der Waals surface area contributed by atoms with Gasteiger partial charge in [-0.1, -0.05) is 72.9 Å². The Labute approximate surface area is 145 Å². The zero-order chi connectivity index (χ0) is 15.9. The molecule has 4 aliphatic carbocycles. The van der Waals surface area contributed by atoms with Crippen LogP contribution in [0.1, 0.15) is 48.6 Å². The van der Waals surface area contributed by atoms with Crippen LogP contribution in [0.2, 0.25) is 0 Å². The fourth-order valence-electron chi connectivity index (χ4n) is 5.68. The normalized spacial score (nSPS) is 39.2. The molecule has 5 rings (SSSR count). The van der Waals surface area contributed by atoms with Gasteiger partial charge in [0.1, 0.15) is 0 Å². The van der Waals surface area contributed by atoms with E-state index in [0.29, 0.717) is 0 Å². The van der Waals surface area contributed by atoms with Crippen LogP contribution in [0.4, 0.5) is 0 Å². The predicted octanol–water partition coefficient (Wildman–Crippen LogP) is 6.16. The van der Waals surface area contributed by atoms with Crippen molar-refractivity contribution in [1.82, 2.24) is 0 Å². The van der Waals surface area contributed by atoms with Crippen molar-refractivity contribution in [1.29, 1.82) is 0 Å². The van der Waals surface area contributed by atoms with Crippen LogP contribution in [0, 0.1) is 23.7 Å². The second-order valence-corrected chi connectivity index (χ2v) is 8.16. The fourth-order valence-corrected chi connectivity index (χ4v) is 5.68. The first-order chi connectivity index (χ1) is 11.9. The molecule has 1 aromatic carbocycles. The molecule has 1 aromatic rings. The molecule has 0 N–H and O–H groups in total. The van der Waals surface area contributed by atoms with E-state index >= 15 is 0 Å². The van der Waals surface area contributed by atoms with E-state index < -0.39 is 0 Å². The molecule has 2 fully saturated rings. The summed E-state index contributed by atoms with van der Waals surface area (Å²) in [5.74, 6) is 4.57. The second kappa shape index (κ2) is 5.92. The maximum Gasteiger partial charge on any atom is -0.0148 e. The summed E-state index contributed by atoms with van der Waals surface area (Å²) < 4.78 is 0. The quantitative estimate of drug-likeness (QED) is 0.613. The summed E-state index contributed by atoms with van der Waals surface area (Å²) >= 11 is 0. The zero-order valence-corrected chi connectivity index (χ0v) is 14.2. The monoisotopic (exact) mass is 314 g/mol. The minimum absolute atomic E-state index is 0.748. The minimum Gasteiger partial charge on any atom is -0.0808 e. The first kappa shape index (κ1) is 14.5. The largest absolute Gasteiger partial charge is 0.0808 e. The van der Waals surface area contributed by atoms with Crippen molar-refractivity contribution >= 4 is 0 Å². The highest BCUT2D eigenvalue weighted by Gasteiger charge is 2.37. The topological polar surface area (TPSA) is 0 Å². The molecule has 0 saturated heterocycles. The molecular weight excluding hydrogens is 288 g/mol. The number of benzene rings is 1. The molecule has 0 aliphatic heterocycles. The van der Waals surface area contributed by atoms with Gasteiger partial charge < -0.3 is 0 Å². The molecule has 0 radical (unpaired) electrons. The standard InChI is InChI=1S/C24H26/c1-2-8-18-14-21(13-17(18)7-1)23-11-5-6-12-24(23)22-15-19-9-3-4-10-20(19)16-22/h1-12,17-22H,13-16H2. The SMILES string of the molecule is C1=CC2CC(c3ccccc3C3CC4C=CC=CC4C3)CC2C=C1. The van der Waals surface area contributed by atoms with Crippen LogP contribution in [-0.2, 0) is 0 Å². The van der Waals surface area contributed by atoms with E-state index in [-0.39, 0.29) is 0 Å². The van der Waals surface area contributed by atoms with Crippen molar-refractivity contribution in [3.8, 4) is 0 Å². The van der Waals surface area contributed by atoms with E-state index in [1.165, 1.54) is 25.7 Å². The average molecular weight is 314 g/mol. The Hall–Kier alpha value is -1.82. The van der Waals surface area contributed by atoms with Crippen LogP contribution < -0.4 is 0 Å². The Morgan fingerprint density at radius 2 is 0.833 bits per heavy atom. The van der Waals surface area contributed by atoms with Crippen LogP contribution >= 0.6 is 0 Å². The summed E-state index contributed by atoms with van der Waals surface area (Å²) in [5, 5.41) is 0. The Bertz CT molecular complexity index is 629. The number of hydrogen-bond donors (Lipinski definition) is 0. The number of rotatable bonds is 2. The highest BCUT2D eigenvalue weighted by Crippen LogP contribution is 2.50. The number of fused-ring (bicyclic) bond motifs is 2. The molecule has 2 saturated carbocycles. The van der Waals surface area contributed by atoms with Gasteiger partial charge in [-0.3, -0.25) is 0 Å². The van der Waals surface area contributed by atoms with Crippen LogP contribution in [0.25, 0.3) is 0 Å². The van der Waals surface area contributed by atoms with Crippen LogP contribution in [-0.4, -0.2) is 0 Å². The zero-order valence-electron chi connectivity index (χ0n) is 14.2. The lowest BCUT2D eigenvalue weighted by molar-refractivity contribution is 0.552. The van der Waals surface area contributed by atoms with Gasteiger partial charge in [-0.05, 0) is 72.3 Å². The van der Waals surface area contributed by atoms with Crippen LogP contribution in [0.15, 0.2) is 72.9 Å². The van der Waals surface area contributed by atoms with E-state index in [1.807, 2.05) is 0 Å². The molecule has 4 unspecified atom stereocenters. The van der Waals surface area contributed by atoms with Crippen LogP contribution in [0.3, 0.4) is 0 Å². The van der Waals surface area contributed by atoms with Gasteiger partial charge in [0.15, 0.2) is 0 Å². The summed E-state index contributed by atoms with van der Waals surface area (Å²) in [6.07, 6.45) is 24.1. The highest BCUT2D eigenvalue weighted by molar-refractivity contribution is 5.37. The Morgan fingerprint density at radius 3 is 1.17 bits per heavy atom. The van der Waals surface area contributed by atoms with Crippen molar-refractivity contribution in [3.05, 3.63) is 84.0 Å². The molecule has 0 heteroatoms. The van der Waals surface area contributed by atoms with E-state index in [9.17, 15) is 0 Å². The highest BCUT2D eigenvalue weighted by atomic mass is 14.4. The van der Waals surface area contributed by atoms with E-state index in [4.69, 9.17) is 0 Å². The van der Waals surface area contributed by atoms with E-state index in [0.717, 1.165) is 35.5 Å². The molecular formula is C24H26. The third-order valence-electron chi connectivity index (χ3n) is 6.86. The van der Waals surface area contributed by atoms with Gasteiger partial charge in [0.05, 0.1) is 0 Å². The summed E-state index contributed by atoms with van der Waals surface area (Å²) in [5.41, 5.74) is 3.32. The molecule has 0 nitrogen and oxygen atoms in total. The molecule has 0 spiro atoms. The minimum atomic E-state index is 0.748. The van der Waals surface area contributed by atoms with Crippen LogP contribution in [0.5, 0.6) is 0 Å². The average Bonchev–Trinajstić information content (AvgIpc) is 3.25. The van der Waals surface area contributed by atoms with Crippen molar-refractivity contribution < 1.29 is 0 Å². The Balaban J connectivity index is 1.42.